The van der Waals surface area contributed by atoms with Crippen molar-refractivity contribution in [1.29, 1.82) is 0 Å². The summed E-state index contributed by atoms with van der Waals surface area (Å²) in [4.78, 5) is 19.0. The molecule has 5 rings (SSSR count). The van der Waals surface area contributed by atoms with Crippen LogP contribution in [0.3, 0.4) is 0 Å². The van der Waals surface area contributed by atoms with E-state index < -0.39 is 0 Å². The van der Waals surface area contributed by atoms with Crippen molar-refractivity contribution in [3.63, 3.8) is 0 Å². The monoisotopic (exact) mass is 342 g/mol. The van der Waals surface area contributed by atoms with Crippen molar-refractivity contribution < 1.29 is 4.79 Å². The number of benzene rings is 1. The second-order valence-electron chi connectivity index (χ2n) is 5.98. The van der Waals surface area contributed by atoms with Gasteiger partial charge in [0.2, 0.25) is 0 Å². The van der Waals surface area contributed by atoms with Gasteiger partial charge in [-0.25, -0.2) is 0 Å². The van der Waals surface area contributed by atoms with Crippen molar-refractivity contribution in [1.82, 2.24) is 9.88 Å². The van der Waals surface area contributed by atoms with Crippen molar-refractivity contribution in [2.45, 2.75) is 18.4 Å². The molecular formula is C17H15BrN2O. The molecule has 1 amide bonds. The van der Waals surface area contributed by atoms with Crippen LogP contribution in [0.5, 0.6) is 0 Å². The number of carbonyl (C=O) groups excluding carboxylic acids is 1. The number of pyridine rings is 1. The number of hydrogen-bond donors (Lipinski definition) is 0. The van der Waals surface area contributed by atoms with Gasteiger partial charge in [-0.1, -0.05) is 30.3 Å². The summed E-state index contributed by atoms with van der Waals surface area (Å²) in [5, 5.41) is 0. The predicted molar refractivity (Wildman–Crippen MR) is 83.8 cm³/mol. The first-order valence-electron chi connectivity index (χ1n) is 7.17. The van der Waals surface area contributed by atoms with Crippen LogP contribution in [-0.4, -0.2) is 22.3 Å². The first-order chi connectivity index (χ1) is 10.2. The van der Waals surface area contributed by atoms with E-state index in [0.29, 0.717) is 11.5 Å². The van der Waals surface area contributed by atoms with Gasteiger partial charge in [0.1, 0.15) is 0 Å². The average molecular weight is 343 g/mol. The minimum atomic E-state index is -0.0919. The number of nitrogens with zero attached hydrogens (tertiary/aromatic N) is 2. The van der Waals surface area contributed by atoms with E-state index in [9.17, 15) is 4.79 Å². The van der Waals surface area contributed by atoms with Crippen LogP contribution in [-0.2, 0) is 5.54 Å². The maximum atomic E-state index is 12.9. The zero-order valence-corrected chi connectivity index (χ0v) is 13.1. The van der Waals surface area contributed by atoms with Gasteiger partial charge in [-0.05, 0) is 46.3 Å². The lowest BCUT2D eigenvalue weighted by Gasteiger charge is -2.42. The van der Waals surface area contributed by atoms with Gasteiger partial charge in [0.05, 0.1) is 11.1 Å². The quantitative estimate of drug-likeness (QED) is 0.835. The highest BCUT2D eigenvalue weighted by atomic mass is 79.9. The molecule has 0 N–H and O–H groups in total. The molecule has 106 valence electrons. The third-order valence-corrected chi connectivity index (χ3v) is 5.15. The number of halogens is 1. The predicted octanol–water partition coefficient (Wildman–Crippen LogP) is 3.61. The molecule has 21 heavy (non-hydrogen) atoms. The van der Waals surface area contributed by atoms with E-state index >= 15 is 0 Å². The number of carbonyl (C=O) groups is 1. The lowest BCUT2D eigenvalue weighted by atomic mass is 9.69. The Hall–Kier alpha value is -1.68. The zero-order chi connectivity index (χ0) is 14.4. The Morgan fingerprint density at radius 1 is 1.24 bits per heavy atom. The smallest absolute Gasteiger partial charge is 0.256 e. The van der Waals surface area contributed by atoms with E-state index in [-0.39, 0.29) is 11.4 Å². The molecule has 3 fully saturated rings. The van der Waals surface area contributed by atoms with Crippen molar-refractivity contribution in [2.75, 3.05) is 6.54 Å². The van der Waals surface area contributed by atoms with E-state index in [4.69, 9.17) is 0 Å². The normalized spacial score (nSPS) is 26.5. The molecule has 1 saturated carbocycles. The zero-order valence-electron chi connectivity index (χ0n) is 11.5. The summed E-state index contributed by atoms with van der Waals surface area (Å²) in [7, 11) is 0. The summed E-state index contributed by atoms with van der Waals surface area (Å²) in [5.74, 6) is 0.738. The van der Waals surface area contributed by atoms with Crippen molar-refractivity contribution in [3.8, 4) is 0 Å². The Kier molecular flexibility index (Phi) is 2.89. The average Bonchev–Trinajstić information content (AvgIpc) is 3.03. The van der Waals surface area contributed by atoms with Gasteiger partial charge in [0, 0.05) is 23.4 Å². The SMILES string of the molecule is O=C(c1cncc(Br)c1)N1CC2CC1(c1ccccc1)C2. The minimum absolute atomic E-state index is 0.0904. The molecule has 1 aromatic heterocycles. The molecule has 0 unspecified atom stereocenters. The molecule has 1 aromatic carbocycles. The molecule has 2 aromatic rings. The molecule has 0 spiro atoms. The number of hydrogen-bond acceptors (Lipinski definition) is 2. The van der Waals surface area contributed by atoms with Crippen molar-refractivity contribution in [3.05, 3.63) is 64.4 Å². The third kappa shape index (κ3) is 1.93. The maximum Gasteiger partial charge on any atom is 0.256 e. The van der Waals surface area contributed by atoms with Gasteiger partial charge < -0.3 is 4.90 Å². The summed E-state index contributed by atoms with van der Waals surface area (Å²) < 4.78 is 0.841. The highest BCUT2D eigenvalue weighted by Gasteiger charge is 2.58. The number of rotatable bonds is 2. The topological polar surface area (TPSA) is 33.2 Å². The molecule has 3 heterocycles. The highest BCUT2D eigenvalue weighted by molar-refractivity contribution is 9.10. The Labute approximate surface area is 132 Å². The van der Waals surface area contributed by atoms with Crippen molar-refractivity contribution in [2.24, 2.45) is 5.92 Å². The maximum absolute atomic E-state index is 12.9. The van der Waals surface area contributed by atoms with E-state index in [1.807, 2.05) is 12.1 Å². The third-order valence-electron chi connectivity index (χ3n) is 4.72. The number of fused-ring (bicyclic) bond motifs is 1. The lowest BCUT2D eigenvalue weighted by Crippen LogP contribution is -2.45. The van der Waals surface area contributed by atoms with E-state index in [1.165, 1.54) is 5.56 Å². The Morgan fingerprint density at radius 3 is 2.71 bits per heavy atom. The van der Waals surface area contributed by atoms with E-state index in [1.54, 1.807) is 12.4 Å². The van der Waals surface area contributed by atoms with Crippen LogP contribution in [0.1, 0.15) is 28.8 Å². The van der Waals surface area contributed by atoms with E-state index in [2.05, 4.69) is 50.1 Å². The summed E-state index contributed by atoms with van der Waals surface area (Å²) in [6.45, 7) is 0.861. The molecular weight excluding hydrogens is 328 g/mol. The second kappa shape index (κ2) is 4.67. The molecule has 2 aliphatic heterocycles. The standard InChI is InChI=1S/C17H15BrN2O/c18-15-6-13(9-19-10-15)16(21)20-11-12-7-17(20,8-12)14-4-2-1-3-5-14/h1-6,9-10,12H,7-8,11H2. The fourth-order valence-corrected chi connectivity index (χ4v) is 4.14. The van der Waals surface area contributed by atoms with Crippen LogP contribution < -0.4 is 0 Å². The van der Waals surface area contributed by atoms with Crippen molar-refractivity contribution >= 4 is 21.8 Å². The van der Waals surface area contributed by atoms with Crippen LogP contribution in [0.4, 0.5) is 0 Å². The Balaban J connectivity index is 1.71. The number of amides is 1. The fraction of sp³-hybridized carbons (Fsp3) is 0.294. The lowest BCUT2D eigenvalue weighted by molar-refractivity contribution is 0.0553. The number of aromatic nitrogens is 1. The Morgan fingerprint density at radius 2 is 2.00 bits per heavy atom. The summed E-state index contributed by atoms with van der Waals surface area (Å²) in [6.07, 6.45) is 5.53. The van der Waals surface area contributed by atoms with Crippen LogP contribution in [0.2, 0.25) is 0 Å². The molecule has 0 radical (unpaired) electrons. The second-order valence-corrected chi connectivity index (χ2v) is 6.90. The molecule has 4 heteroatoms. The minimum Gasteiger partial charge on any atom is -0.329 e. The molecule has 3 nitrogen and oxygen atoms in total. The van der Waals surface area contributed by atoms with Crippen LogP contribution in [0, 0.1) is 5.92 Å². The summed E-state index contributed by atoms with van der Waals surface area (Å²) >= 11 is 3.39. The van der Waals surface area contributed by atoms with E-state index in [0.717, 1.165) is 23.9 Å². The van der Waals surface area contributed by atoms with Gasteiger partial charge in [-0.3, -0.25) is 9.78 Å². The van der Waals surface area contributed by atoms with Gasteiger partial charge in [-0.2, -0.15) is 0 Å². The first kappa shape index (κ1) is 13.0. The first-order valence-corrected chi connectivity index (χ1v) is 7.96. The molecule has 1 aliphatic carbocycles. The van der Waals surface area contributed by atoms with Gasteiger partial charge in [-0.15, -0.1) is 0 Å². The highest BCUT2D eigenvalue weighted by Crippen LogP contribution is 2.57. The van der Waals surface area contributed by atoms with Crippen LogP contribution in [0.15, 0.2) is 53.3 Å². The van der Waals surface area contributed by atoms with Crippen LogP contribution in [0.25, 0.3) is 0 Å². The molecule has 2 saturated heterocycles. The summed E-state index contributed by atoms with van der Waals surface area (Å²) in [5.41, 5.74) is 1.83. The van der Waals surface area contributed by atoms with Gasteiger partial charge in [0.25, 0.3) is 5.91 Å². The Bertz CT molecular complexity index is 695. The molecule has 0 atom stereocenters. The molecule has 2 bridgehead atoms. The van der Waals surface area contributed by atoms with Gasteiger partial charge in [0.15, 0.2) is 0 Å². The molecule has 3 aliphatic rings. The largest absolute Gasteiger partial charge is 0.329 e. The fourth-order valence-electron chi connectivity index (χ4n) is 3.78. The van der Waals surface area contributed by atoms with Gasteiger partial charge >= 0.3 is 0 Å². The summed E-state index contributed by atoms with van der Waals surface area (Å²) in [6, 6.07) is 12.3. The van der Waals surface area contributed by atoms with Crippen LogP contribution >= 0.6 is 15.9 Å².